The van der Waals surface area contributed by atoms with Crippen molar-refractivity contribution in [2.24, 2.45) is 5.41 Å². The molecule has 0 bridgehead atoms. The molecule has 1 atom stereocenters. The highest BCUT2D eigenvalue weighted by atomic mass is 16.6. The third-order valence-electron chi connectivity index (χ3n) is 3.22. The van der Waals surface area contributed by atoms with E-state index in [1.165, 1.54) is 6.92 Å². The number of carbonyl (C=O) groups excluding carboxylic acids is 1. The Balaban J connectivity index is 2.31. The maximum absolute atomic E-state index is 11.1. The molecule has 2 fully saturated rings. The molecule has 2 aliphatic rings. The van der Waals surface area contributed by atoms with E-state index >= 15 is 0 Å². The third kappa shape index (κ3) is 0.519. The van der Waals surface area contributed by atoms with Crippen LogP contribution >= 0.6 is 0 Å². The largest absolute Gasteiger partial charge is 0.478 e. The highest BCUT2D eigenvalue weighted by Gasteiger charge is 2.73. The number of carboxylic acids is 1. The predicted octanol–water partition coefficient (Wildman–Crippen LogP) is 0.557. The number of carboxylic acid groups (broad SMARTS) is 1. The maximum Gasteiger partial charge on any atom is 0.349 e. The first-order valence-electron chi connectivity index (χ1n) is 4.00. The van der Waals surface area contributed by atoms with E-state index in [0.29, 0.717) is 12.8 Å². The van der Waals surface area contributed by atoms with Crippen molar-refractivity contribution in [3.05, 3.63) is 0 Å². The highest BCUT2D eigenvalue weighted by Crippen LogP contribution is 2.58. The number of carbonyl (C=O) groups is 2. The lowest BCUT2D eigenvalue weighted by molar-refractivity contribution is -0.258. The van der Waals surface area contributed by atoms with Crippen LogP contribution in [0.5, 0.6) is 0 Å². The van der Waals surface area contributed by atoms with E-state index in [4.69, 9.17) is 9.84 Å². The Morgan fingerprint density at radius 1 is 1.58 bits per heavy atom. The van der Waals surface area contributed by atoms with Gasteiger partial charge in [0.15, 0.2) is 0 Å². The molecule has 1 aliphatic heterocycles. The van der Waals surface area contributed by atoms with Gasteiger partial charge < -0.3 is 9.84 Å². The molecule has 1 N–H and O–H groups in total. The van der Waals surface area contributed by atoms with Gasteiger partial charge in [0, 0.05) is 0 Å². The number of esters is 1. The first-order chi connectivity index (χ1) is 5.53. The lowest BCUT2D eigenvalue weighted by Crippen LogP contribution is -2.71. The first-order valence-corrected chi connectivity index (χ1v) is 4.00. The SMILES string of the molecule is CC1(C(=O)O)OC(=O)C12CCC2. The minimum absolute atomic E-state index is 0.335. The van der Waals surface area contributed by atoms with Crippen molar-refractivity contribution in [3.63, 3.8) is 0 Å². The topological polar surface area (TPSA) is 63.6 Å². The second-order valence-electron chi connectivity index (χ2n) is 3.66. The summed E-state index contributed by atoms with van der Waals surface area (Å²) >= 11 is 0. The van der Waals surface area contributed by atoms with Crippen LogP contribution in [0.4, 0.5) is 0 Å². The molecule has 2 rings (SSSR count). The highest BCUT2D eigenvalue weighted by molar-refractivity contribution is 5.98. The van der Waals surface area contributed by atoms with Crippen molar-refractivity contribution in [1.82, 2.24) is 0 Å². The molecule has 12 heavy (non-hydrogen) atoms. The van der Waals surface area contributed by atoms with Crippen LogP contribution < -0.4 is 0 Å². The van der Waals surface area contributed by atoms with E-state index in [2.05, 4.69) is 0 Å². The van der Waals surface area contributed by atoms with Crippen molar-refractivity contribution in [3.8, 4) is 0 Å². The van der Waals surface area contributed by atoms with Gasteiger partial charge in [-0.15, -0.1) is 0 Å². The fraction of sp³-hybridized carbons (Fsp3) is 0.750. The van der Waals surface area contributed by atoms with E-state index in [0.717, 1.165) is 6.42 Å². The Bertz CT molecular complexity index is 258. The summed E-state index contributed by atoms with van der Waals surface area (Å²) in [7, 11) is 0. The normalized spacial score (nSPS) is 36.6. The zero-order chi connectivity index (χ0) is 8.98. The molecule has 1 heterocycles. The predicted molar refractivity (Wildman–Crippen MR) is 38.4 cm³/mol. The number of cyclic esters (lactones) is 1. The summed E-state index contributed by atoms with van der Waals surface area (Å²) in [6.07, 6.45) is 2.25. The first kappa shape index (κ1) is 7.58. The van der Waals surface area contributed by atoms with Gasteiger partial charge in [0.05, 0.1) is 0 Å². The third-order valence-corrected chi connectivity index (χ3v) is 3.22. The number of rotatable bonds is 1. The van der Waals surface area contributed by atoms with Crippen LogP contribution in [0.3, 0.4) is 0 Å². The molecule has 1 saturated carbocycles. The summed E-state index contributed by atoms with van der Waals surface area (Å²) in [5.41, 5.74) is -1.93. The molecule has 0 radical (unpaired) electrons. The van der Waals surface area contributed by atoms with Crippen LogP contribution in [-0.2, 0) is 14.3 Å². The molecule has 0 amide bonds. The Kier molecular flexibility index (Phi) is 1.14. The molecule has 1 aliphatic carbocycles. The lowest BCUT2D eigenvalue weighted by atomic mass is 9.55. The molecule has 0 aromatic carbocycles. The summed E-state index contributed by atoms with van der Waals surface area (Å²) in [5.74, 6) is -1.36. The van der Waals surface area contributed by atoms with Gasteiger partial charge in [0.25, 0.3) is 0 Å². The van der Waals surface area contributed by atoms with E-state index in [-0.39, 0.29) is 5.97 Å². The quantitative estimate of drug-likeness (QED) is 0.584. The molecule has 66 valence electrons. The molecular weight excluding hydrogens is 160 g/mol. The van der Waals surface area contributed by atoms with Gasteiger partial charge in [-0.1, -0.05) is 6.42 Å². The van der Waals surface area contributed by atoms with E-state index < -0.39 is 17.0 Å². The average molecular weight is 170 g/mol. The van der Waals surface area contributed by atoms with Crippen LogP contribution in [0.1, 0.15) is 26.2 Å². The van der Waals surface area contributed by atoms with Crippen molar-refractivity contribution in [2.75, 3.05) is 0 Å². The van der Waals surface area contributed by atoms with Gasteiger partial charge in [0.1, 0.15) is 5.41 Å². The standard InChI is InChI=1S/C8H10O4/c1-7(5(9)10)8(3-2-4-8)6(11)12-7/h2-4H2,1H3,(H,9,10). The van der Waals surface area contributed by atoms with Crippen LogP contribution in [0, 0.1) is 5.41 Å². The van der Waals surface area contributed by atoms with Crippen molar-refractivity contribution in [1.29, 1.82) is 0 Å². The Hall–Kier alpha value is -1.06. The number of ether oxygens (including phenoxy) is 1. The molecule has 4 heteroatoms. The smallest absolute Gasteiger partial charge is 0.349 e. The molecule has 1 spiro atoms. The molecule has 0 aromatic rings. The van der Waals surface area contributed by atoms with Gasteiger partial charge in [-0.25, -0.2) is 4.79 Å². The average Bonchev–Trinajstić information content (AvgIpc) is 1.81. The second-order valence-corrected chi connectivity index (χ2v) is 3.66. The van der Waals surface area contributed by atoms with Gasteiger partial charge in [-0.05, 0) is 19.8 Å². The van der Waals surface area contributed by atoms with Crippen LogP contribution in [-0.4, -0.2) is 22.6 Å². The monoisotopic (exact) mass is 170 g/mol. The zero-order valence-electron chi connectivity index (χ0n) is 6.79. The minimum Gasteiger partial charge on any atom is -0.478 e. The van der Waals surface area contributed by atoms with Crippen molar-refractivity contribution < 1.29 is 19.4 Å². The molecule has 1 unspecified atom stereocenters. The van der Waals surface area contributed by atoms with Gasteiger partial charge >= 0.3 is 11.9 Å². The van der Waals surface area contributed by atoms with E-state index in [1.54, 1.807) is 0 Å². The lowest BCUT2D eigenvalue weighted by Gasteiger charge is -2.56. The second kappa shape index (κ2) is 1.81. The van der Waals surface area contributed by atoms with Gasteiger partial charge in [-0.3, -0.25) is 4.79 Å². The van der Waals surface area contributed by atoms with Crippen LogP contribution in [0.25, 0.3) is 0 Å². The van der Waals surface area contributed by atoms with Gasteiger partial charge in [0.2, 0.25) is 5.60 Å². The molecule has 4 nitrogen and oxygen atoms in total. The number of aliphatic carboxylic acids is 1. The fourth-order valence-corrected chi connectivity index (χ4v) is 1.99. The van der Waals surface area contributed by atoms with E-state index in [9.17, 15) is 9.59 Å². The Morgan fingerprint density at radius 2 is 2.17 bits per heavy atom. The zero-order valence-corrected chi connectivity index (χ0v) is 6.79. The summed E-state index contributed by atoms with van der Waals surface area (Å²) in [4.78, 5) is 21.8. The minimum atomic E-state index is -1.25. The maximum atomic E-state index is 11.1. The summed E-state index contributed by atoms with van der Waals surface area (Å²) < 4.78 is 4.71. The van der Waals surface area contributed by atoms with Crippen molar-refractivity contribution >= 4 is 11.9 Å². The van der Waals surface area contributed by atoms with Crippen LogP contribution in [0.2, 0.25) is 0 Å². The summed E-state index contributed by atoms with van der Waals surface area (Å²) in [6, 6.07) is 0. The molecule has 1 saturated heterocycles. The Morgan fingerprint density at radius 3 is 2.33 bits per heavy atom. The molecule has 0 aromatic heterocycles. The van der Waals surface area contributed by atoms with Gasteiger partial charge in [-0.2, -0.15) is 0 Å². The molecular formula is C8H10O4. The van der Waals surface area contributed by atoms with E-state index in [1.807, 2.05) is 0 Å². The van der Waals surface area contributed by atoms with Crippen LogP contribution in [0.15, 0.2) is 0 Å². The number of hydrogen-bond donors (Lipinski definition) is 1. The van der Waals surface area contributed by atoms with Crippen molar-refractivity contribution in [2.45, 2.75) is 31.8 Å². The fourth-order valence-electron chi connectivity index (χ4n) is 1.99. The Labute approximate surface area is 69.5 Å². The number of hydrogen-bond acceptors (Lipinski definition) is 3. The summed E-state index contributed by atoms with van der Waals surface area (Å²) in [6.45, 7) is 1.48. The summed E-state index contributed by atoms with van der Waals surface area (Å²) in [5, 5.41) is 8.83.